The van der Waals surface area contributed by atoms with Gasteiger partial charge in [0.25, 0.3) is 0 Å². The highest BCUT2D eigenvalue weighted by Gasteiger charge is 2.33. The van der Waals surface area contributed by atoms with Gasteiger partial charge in [-0.2, -0.15) is 5.26 Å². The van der Waals surface area contributed by atoms with Crippen molar-refractivity contribution in [3.05, 3.63) is 112 Å². The van der Waals surface area contributed by atoms with Crippen molar-refractivity contribution in [1.29, 1.82) is 5.26 Å². The molecule has 1 saturated heterocycles. The number of benzene rings is 3. The quantitative estimate of drug-likeness (QED) is 0.212. The van der Waals surface area contributed by atoms with Gasteiger partial charge in [-0.15, -0.1) is 0 Å². The molecule has 8 nitrogen and oxygen atoms in total. The van der Waals surface area contributed by atoms with Gasteiger partial charge < -0.3 is 19.1 Å². The van der Waals surface area contributed by atoms with Crippen LogP contribution in [0.3, 0.4) is 0 Å². The number of carboxylic acid groups (broad SMARTS) is 1. The number of fused-ring (bicyclic) bond motifs is 1. The van der Waals surface area contributed by atoms with Gasteiger partial charge in [0.2, 0.25) is 5.88 Å². The fourth-order valence-corrected chi connectivity index (χ4v) is 5.14. The van der Waals surface area contributed by atoms with Gasteiger partial charge in [0.15, 0.2) is 0 Å². The Bertz CT molecular complexity index is 1960. The molecule has 0 unspecified atom stereocenters. The Morgan fingerprint density at radius 1 is 1.00 bits per heavy atom. The van der Waals surface area contributed by atoms with Crippen molar-refractivity contribution in [2.24, 2.45) is 0 Å². The number of imidazole rings is 1. The summed E-state index contributed by atoms with van der Waals surface area (Å²) >= 11 is 0. The lowest BCUT2D eigenvalue weighted by molar-refractivity contribution is 0.0697. The van der Waals surface area contributed by atoms with Crippen molar-refractivity contribution in [1.82, 2.24) is 14.5 Å². The van der Waals surface area contributed by atoms with E-state index in [1.807, 2.05) is 6.07 Å². The number of alkyl halides is 1. The molecule has 222 valence electrons. The number of nitriles is 1. The molecular formula is C32H22F4N4O4. The molecule has 6 rings (SSSR count). The van der Waals surface area contributed by atoms with Crippen LogP contribution in [0.5, 0.6) is 5.88 Å². The van der Waals surface area contributed by atoms with Crippen molar-refractivity contribution < 1.29 is 36.9 Å². The average Bonchev–Trinajstić information content (AvgIpc) is 3.59. The maximum Gasteiger partial charge on any atom is 0.335 e. The fraction of sp³-hybridized carbons (Fsp3) is 0.188. The van der Waals surface area contributed by atoms with Gasteiger partial charge in [-0.25, -0.2) is 32.3 Å². The molecule has 1 aliphatic rings. The number of carboxylic acids is 1. The van der Waals surface area contributed by atoms with E-state index >= 15 is 8.78 Å². The summed E-state index contributed by atoms with van der Waals surface area (Å²) in [5.74, 6) is -3.08. The number of rotatable bonds is 8. The normalized spacial score (nSPS) is 16.2. The van der Waals surface area contributed by atoms with E-state index in [1.165, 1.54) is 53.1 Å². The lowest BCUT2D eigenvalue weighted by Gasteiger charge is -2.18. The standard InChI is InChI=1S/C32H22F4N4O4/c33-22-8-17(13-37)4-5-19(22)14-44-31-3-1-2-26(39-31)21-12-23(34)20(9-24(21)35)11-30-38-27-7-6-18(32(41)42)10-28(27)40(30)29-16-43-15-25(29)36/h1-10,12,25,29H,11,14-16H2,(H,41,42)/t25-,29+/m1/s1. The predicted molar refractivity (Wildman–Crippen MR) is 149 cm³/mol. The second-order valence-corrected chi connectivity index (χ2v) is 10.2. The molecule has 0 saturated carbocycles. The molecule has 0 radical (unpaired) electrons. The number of nitrogens with zero attached hydrogens (tertiary/aromatic N) is 4. The molecule has 0 aliphatic carbocycles. The zero-order chi connectivity index (χ0) is 31.0. The number of pyridine rings is 1. The number of ether oxygens (including phenoxy) is 2. The minimum absolute atomic E-state index is 0.00854. The third-order valence-electron chi connectivity index (χ3n) is 7.37. The van der Waals surface area contributed by atoms with E-state index in [0.717, 1.165) is 18.2 Å². The van der Waals surface area contributed by atoms with Crippen LogP contribution >= 0.6 is 0 Å². The molecule has 1 aliphatic heterocycles. The predicted octanol–water partition coefficient (Wildman–Crippen LogP) is 6.16. The minimum Gasteiger partial charge on any atom is -0.478 e. The van der Waals surface area contributed by atoms with Crippen molar-refractivity contribution >= 4 is 17.0 Å². The molecule has 44 heavy (non-hydrogen) atoms. The van der Waals surface area contributed by atoms with E-state index in [9.17, 15) is 18.7 Å². The van der Waals surface area contributed by atoms with Gasteiger partial charge in [0.1, 0.15) is 36.1 Å². The molecular weight excluding hydrogens is 580 g/mol. The molecule has 0 amide bonds. The van der Waals surface area contributed by atoms with E-state index in [1.54, 1.807) is 0 Å². The maximum atomic E-state index is 15.5. The van der Waals surface area contributed by atoms with Crippen molar-refractivity contribution in [3.63, 3.8) is 0 Å². The average molecular weight is 603 g/mol. The van der Waals surface area contributed by atoms with Crippen LogP contribution in [0.15, 0.2) is 66.7 Å². The van der Waals surface area contributed by atoms with Crippen molar-refractivity contribution in [3.8, 4) is 23.2 Å². The molecule has 0 spiro atoms. The smallest absolute Gasteiger partial charge is 0.335 e. The Hall–Kier alpha value is -5.28. The van der Waals surface area contributed by atoms with Crippen LogP contribution in [0, 0.1) is 28.8 Å². The van der Waals surface area contributed by atoms with Crippen LogP contribution in [0.4, 0.5) is 17.6 Å². The number of hydrogen-bond donors (Lipinski definition) is 1. The Labute approximate surface area is 247 Å². The van der Waals surface area contributed by atoms with E-state index in [0.29, 0.717) is 11.0 Å². The van der Waals surface area contributed by atoms with Crippen LogP contribution in [0.1, 0.15) is 38.9 Å². The lowest BCUT2D eigenvalue weighted by atomic mass is 10.0. The lowest BCUT2D eigenvalue weighted by Crippen LogP contribution is -2.21. The summed E-state index contributed by atoms with van der Waals surface area (Å²) in [6.45, 7) is -0.350. The molecule has 1 N–H and O–H groups in total. The Morgan fingerprint density at radius 2 is 1.82 bits per heavy atom. The first kappa shape index (κ1) is 28.8. The topological polar surface area (TPSA) is 110 Å². The number of aromatic nitrogens is 3. The summed E-state index contributed by atoms with van der Waals surface area (Å²) in [6.07, 6.45) is -1.62. The second-order valence-electron chi connectivity index (χ2n) is 10.2. The first-order valence-corrected chi connectivity index (χ1v) is 13.4. The van der Waals surface area contributed by atoms with Crippen molar-refractivity contribution in [2.75, 3.05) is 13.2 Å². The summed E-state index contributed by atoms with van der Waals surface area (Å²) < 4.78 is 72.3. The molecule has 3 heterocycles. The third kappa shape index (κ3) is 5.57. The highest BCUT2D eigenvalue weighted by Crippen LogP contribution is 2.32. The summed E-state index contributed by atoms with van der Waals surface area (Å²) in [4.78, 5) is 20.3. The van der Waals surface area contributed by atoms with E-state index < -0.39 is 35.6 Å². The van der Waals surface area contributed by atoms with Crippen molar-refractivity contribution in [2.45, 2.75) is 25.2 Å². The Balaban J connectivity index is 1.29. The number of carbonyl (C=O) groups is 1. The van der Waals surface area contributed by atoms with Crippen LogP contribution < -0.4 is 4.74 Å². The van der Waals surface area contributed by atoms with Gasteiger partial charge >= 0.3 is 5.97 Å². The molecule has 12 heteroatoms. The summed E-state index contributed by atoms with van der Waals surface area (Å²) in [5, 5.41) is 18.4. The SMILES string of the molecule is N#Cc1ccc(COc2cccc(-c3cc(F)c(Cc4nc5ccc(C(=O)O)cc5n4[C@H]4COC[C@H]4F)cc3F)n2)c(F)c1. The molecule has 5 aromatic rings. The van der Waals surface area contributed by atoms with Crippen LogP contribution in [-0.2, 0) is 17.8 Å². The first-order chi connectivity index (χ1) is 21.2. The van der Waals surface area contributed by atoms with Gasteiger partial charge in [0.05, 0.1) is 53.2 Å². The molecule has 0 bridgehead atoms. The fourth-order valence-electron chi connectivity index (χ4n) is 5.14. The van der Waals surface area contributed by atoms with Gasteiger partial charge in [-0.3, -0.25) is 0 Å². The zero-order valence-corrected chi connectivity index (χ0v) is 22.8. The van der Waals surface area contributed by atoms with E-state index in [-0.39, 0.29) is 71.5 Å². The molecule has 1 fully saturated rings. The number of halogens is 4. The Kier molecular flexibility index (Phi) is 7.71. The summed E-state index contributed by atoms with van der Waals surface area (Å²) in [5.41, 5.74) is 0.917. The third-order valence-corrected chi connectivity index (χ3v) is 7.37. The number of hydrogen-bond acceptors (Lipinski definition) is 6. The first-order valence-electron chi connectivity index (χ1n) is 13.4. The summed E-state index contributed by atoms with van der Waals surface area (Å²) in [7, 11) is 0. The maximum absolute atomic E-state index is 15.5. The molecule has 2 atom stereocenters. The highest BCUT2D eigenvalue weighted by atomic mass is 19.1. The van der Waals surface area contributed by atoms with Crippen LogP contribution in [0.2, 0.25) is 0 Å². The van der Waals surface area contributed by atoms with E-state index in [2.05, 4.69) is 9.97 Å². The molecule has 2 aromatic heterocycles. The van der Waals surface area contributed by atoms with Crippen LogP contribution in [0.25, 0.3) is 22.3 Å². The van der Waals surface area contributed by atoms with Gasteiger partial charge in [-0.1, -0.05) is 12.1 Å². The van der Waals surface area contributed by atoms with E-state index in [4.69, 9.17) is 14.7 Å². The summed E-state index contributed by atoms with van der Waals surface area (Å²) in [6, 6.07) is 15.7. The number of aromatic carboxylic acids is 1. The minimum atomic E-state index is -1.41. The monoisotopic (exact) mass is 602 g/mol. The van der Waals surface area contributed by atoms with Gasteiger partial charge in [-0.05, 0) is 54.1 Å². The van der Waals surface area contributed by atoms with Gasteiger partial charge in [0, 0.05) is 23.6 Å². The zero-order valence-electron chi connectivity index (χ0n) is 22.8. The van der Waals surface area contributed by atoms with Crippen LogP contribution in [-0.4, -0.2) is 45.0 Å². The molecule has 3 aromatic carbocycles. The second kappa shape index (κ2) is 11.8. The Morgan fingerprint density at radius 3 is 2.55 bits per heavy atom. The largest absolute Gasteiger partial charge is 0.478 e. The highest BCUT2D eigenvalue weighted by molar-refractivity contribution is 5.92.